The molecule has 3 N–H and O–H groups in total. The standard InChI is InChI=1S/C12H24N4O4S/c1-15(7-9-21(19,20)8-2-11(13)17)10-12(18)16-5-3-14-4-6-16/h14H,2-10H2,1H3,(H2,13,17). The quantitative estimate of drug-likeness (QED) is 0.517. The number of hydrogen-bond donors (Lipinski definition) is 2. The van der Waals surface area contributed by atoms with E-state index < -0.39 is 15.7 Å². The normalized spacial score (nSPS) is 16.2. The van der Waals surface area contributed by atoms with Gasteiger partial charge in [-0.1, -0.05) is 0 Å². The molecule has 0 aromatic heterocycles. The Hall–Kier alpha value is -1.19. The summed E-state index contributed by atoms with van der Waals surface area (Å²) in [6, 6.07) is 0. The Morgan fingerprint density at radius 1 is 1.24 bits per heavy atom. The summed E-state index contributed by atoms with van der Waals surface area (Å²) in [6.45, 7) is 3.41. The fourth-order valence-corrected chi connectivity index (χ4v) is 3.28. The largest absolute Gasteiger partial charge is 0.370 e. The minimum absolute atomic E-state index is 0.00790. The van der Waals surface area contributed by atoms with E-state index in [1.807, 2.05) is 0 Å². The maximum absolute atomic E-state index is 12.0. The first kappa shape index (κ1) is 17.9. The van der Waals surface area contributed by atoms with E-state index >= 15 is 0 Å². The van der Waals surface area contributed by atoms with Gasteiger partial charge in [-0.25, -0.2) is 8.42 Å². The topological polar surface area (TPSA) is 113 Å². The van der Waals surface area contributed by atoms with Crippen molar-refractivity contribution < 1.29 is 18.0 Å². The summed E-state index contributed by atoms with van der Waals surface area (Å²) in [5.41, 5.74) is 4.93. The average Bonchev–Trinajstić information content (AvgIpc) is 2.44. The van der Waals surface area contributed by atoms with Crippen molar-refractivity contribution in [1.82, 2.24) is 15.1 Å². The van der Waals surface area contributed by atoms with Gasteiger partial charge < -0.3 is 16.0 Å². The van der Waals surface area contributed by atoms with Crippen LogP contribution in [0.4, 0.5) is 0 Å². The molecule has 1 aliphatic rings. The van der Waals surface area contributed by atoms with Gasteiger partial charge >= 0.3 is 0 Å². The van der Waals surface area contributed by atoms with E-state index in [-0.39, 0.29) is 36.9 Å². The molecule has 1 rings (SSSR count). The molecule has 122 valence electrons. The number of carbonyl (C=O) groups excluding carboxylic acids is 2. The summed E-state index contributed by atoms with van der Waals surface area (Å²) in [5.74, 6) is -0.928. The summed E-state index contributed by atoms with van der Waals surface area (Å²) in [4.78, 5) is 26.0. The zero-order chi connectivity index (χ0) is 15.9. The summed E-state index contributed by atoms with van der Waals surface area (Å²) < 4.78 is 23.4. The van der Waals surface area contributed by atoms with Crippen LogP contribution in [-0.4, -0.2) is 87.9 Å². The van der Waals surface area contributed by atoms with Crippen LogP contribution in [0, 0.1) is 0 Å². The predicted octanol–water partition coefficient (Wildman–Crippen LogP) is -2.36. The number of amides is 2. The van der Waals surface area contributed by atoms with Crippen LogP contribution in [0.1, 0.15) is 6.42 Å². The van der Waals surface area contributed by atoms with Crippen LogP contribution < -0.4 is 11.1 Å². The third kappa shape index (κ3) is 7.39. The van der Waals surface area contributed by atoms with Gasteiger partial charge in [0.1, 0.15) is 0 Å². The summed E-state index contributed by atoms with van der Waals surface area (Å²) in [6.07, 6.45) is -0.161. The van der Waals surface area contributed by atoms with Crippen LogP contribution in [0.5, 0.6) is 0 Å². The molecule has 1 fully saturated rings. The lowest BCUT2D eigenvalue weighted by Gasteiger charge is -2.29. The molecule has 2 amide bonds. The van der Waals surface area contributed by atoms with Gasteiger partial charge in [0.25, 0.3) is 0 Å². The van der Waals surface area contributed by atoms with Crippen molar-refractivity contribution in [3.63, 3.8) is 0 Å². The fraction of sp³-hybridized carbons (Fsp3) is 0.833. The lowest BCUT2D eigenvalue weighted by Crippen LogP contribution is -2.49. The molecule has 8 nitrogen and oxygen atoms in total. The Morgan fingerprint density at radius 2 is 1.86 bits per heavy atom. The zero-order valence-electron chi connectivity index (χ0n) is 12.4. The number of sulfone groups is 1. The van der Waals surface area contributed by atoms with E-state index in [1.165, 1.54) is 0 Å². The molecule has 1 aliphatic heterocycles. The van der Waals surface area contributed by atoms with Gasteiger partial charge in [0.2, 0.25) is 11.8 Å². The predicted molar refractivity (Wildman–Crippen MR) is 79.4 cm³/mol. The van der Waals surface area contributed by atoms with E-state index in [1.54, 1.807) is 16.8 Å². The first-order valence-corrected chi connectivity index (χ1v) is 8.78. The molecule has 0 radical (unpaired) electrons. The Bertz CT molecular complexity index is 460. The Balaban J connectivity index is 2.31. The highest BCUT2D eigenvalue weighted by atomic mass is 32.2. The Morgan fingerprint density at radius 3 is 2.43 bits per heavy atom. The van der Waals surface area contributed by atoms with Gasteiger partial charge in [0.15, 0.2) is 9.84 Å². The number of hydrogen-bond acceptors (Lipinski definition) is 6. The van der Waals surface area contributed by atoms with E-state index in [0.29, 0.717) is 13.1 Å². The van der Waals surface area contributed by atoms with E-state index in [9.17, 15) is 18.0 Å². The van der Waals surface area contributed by atoms with Crippen LogP contribution in [0.3, 0.4) is 0 Å². The molecule has 0 aromatic carbocycles. The average molecular weight is 320 g/mol. The van der Waals surface area contributed by atoms with Gasteiger partial charge in [0.05, 0.1) is 18.1 Å². The highest BCUT2D eigenvalue weighted by Crippen LogP contribution is 1.98. The molecule has 1 saturated heterocycles. The van der Waals surface area contributed by atoms with Crippen molar-refractivity contribution >= 4 is 21.7 Å². The van der Waals surface area contributed by atoms with Gasteiger partial charge in [-0.3, -0.25) is 14.5 Å². The minimum atomic E-state index is -3.31. The SMILES string of the molecule is CN(CCS(=O)(=O)CCC(N)=O)CC(=O)N1CCNCC1. The number of nitrogens with zero attached hydrogens (tertiary/aromatic N) is 2. The maximum atomic E-state index is 12.0. The second-order valence-corrected chi connectivity index (χ2v) is 7.54. The fourth-order valence-electron chi connectivity index (χ4n) is 1.98. The van der Waals surface area contributed by atoms with Crippen LogP contribution in [0.15, 0.2) is 0 Å². The monoisotopic (exact) mass is 320 g/mol. The second-order valence-electron chi connectivity index (χ2n) is 5.24. The molecule has 0 spiro atoms. The summed E-state index contributed by atoms with van der Waals surface area (Å²) in [5, 5.41) is 3.17. The van der Waals surface area contributed by atoms with Crippen LogP contribution in [-0.2, 0) is 19.4 Å². The highest BCUT2D eigenvalue weighted by molar-refractivity contribution is 7.91. The van der Waals surface area contributed by atoms with Crippen molar-refractivity contribution in [2.45, 2.75) is 6.42 Å². The molecule has 0 unspecified atom stereocenters. The molecule has 21 heavy (non-hydrogen) atoms. The number of piperazine rings is 1. The number of nitrogens with two attached hydrogens (primary N) is 1. The zero-order valence-corrected chi connectivity index (χ0v) is 13.2. The van der Waals surface area contributed by atoms with Gasteiger partial charge in [0, 0.05) is 39.1 Å². The first-order chi connectivity index (χ1) is 9.80. The second kappa shape index (κ2) is 8.30. The Kier molecular flexibility index (Phi) is 7.06. The number of nitrogens with one attached hydrogen (secondary N) is 1. The van der Waals surface area contributed by atoms with E-state index in [0.717, 1.165) is 13.1 Å². The maximum Gasteiger partial charge on any atom is 0.236 e. The molecule has 0 bridgehead atoms. The van der Waals surface area contributed by atoms with E-state index in [2.05, 4.69) is 5.32 Å². The van der Waals surface area contributed by atoms with Crippen LogP contribution in [0.25, 0.3) is 0 Å². The minimum Gasteiger partial charge on any atom is -0.370 e. The highest BCUT2D eigenvalue weighted by Gasteiger charge is 2.19. The number of carbonyl (C=O) groups is 2. The molecule has 0 saturated carbocycles. The molecule has 0 aliphatic carbocycles. The first-order valence-electron chi connectivity index (χ1n) is 6.96. The Labute approximate surface area is 125 Å². The number of likely N-dealkylation sites (N-methyl/N-ethyl adjacent to an activating group) is 1. The smallest absolute Gasteiger partial charge is 0.236 e. The molecular formula is C12H24N4O4S. The van der Waals surface area contributed by atoms with Crippen molar-refractivity contribution in [1.29, 1.82) is 0 Å². The van der Waals surface area contributed by atoms with E-state index in [4.69, 9.17) is 5.73 Å². The lowest BCUT2D eigenvalue weighted by atomic mass is 10.3. The van der Waals surface area contributed by atoms with Gasteiger partial charge in [-0.15, -0.1) is 0 Å². The number of rotatable bonds is 8. The molecule has 1 heterocycles. The third-order valence-electron chi connectivity index (χ3n) is 3.32. The van der Waals surface area contributed by atoms with Crippen molar-refractivity contribution in [2.24, 2.45) is 5.73 Å². The van der Waals surface area contributed by atoms with Crippen LogP contribution in [0.2, 0.25) is 0 Å². The summed E-state index contributed by atoms with van der Waals surface area (Å²) >= 11 is 0. The van der Waals surface area contributed by atoms with Crippen molar-refractivity contribution in [3.8, 4) is 0 Å². The van der Waals surface area contributed by atoms with Gasteiger partial charge in [-0.05, 0) is 7.05 Å². The summed E-state index contributed by atoms with van der Waals surface area (Å²) in [7, 11) is -1.60. The third-order valence-corrected chi connectivity index (χ3v) is 4.95. The molecular weight excluding hydrogens is 296 g/mol. The van der Waals surface area contributed by atoms with Crippen molar-refractivity contribution in [2.75, 3.05) is 57.8 Å². The van der Waals surface area contributed by atoms with Crippen LogP contribution >= 0.6 is 0 Å². The molecule has 0 aromatic rings. The molecule has 9 heteroatoms. The van der Waals surface area contributed by atoms with Gasteiger partial charge in [-0.2, -0.15) is 0 Å². The lowest BCUT2D eigenvalue weighted by molar-refractivity contribution is -0.132. The van der Waals surface area contributed by atoms with Crippen molar-refractivity contribution in [3.05, 3.63) is 0 Å². The molecule has 0 atom stereocenters. The number of primary amides is 1.